The zero-order chi connectivity index (χ0) is 15.6. The number of hydrogen-bond donors (Lipinski definition) is 0. The first kappa shape index (κ1) is 17.0. The highest BCUT2D eigenvalue weighted by atomic mass is 16.6. The van der Waals surface area contributed by atoms with Gasteiger partial charge in [-0.05, 0) is 18.6 Å². The molecule has 0 aromatic heterocycles. The Bertz CT molecular complexity index is 430. The minimum atomic E-state index is -0.242. The average molecular weight is 304 g/mol. The van der Waals surface area contributed by atoms with Gasteiger partial charge >= 0.3 is 5.97 Å². The van der Waals surface area contributed by atoms with Crippen molar-refractivity contribution in [2.75, 3.05) is 6.61 Å². The molecule has 1 aliphatic rings. The average Bonchev–Trinajstić information content (AvgIpc) is 3.30. The number of benzene rings is 1. The Balaban J connectivity index is 1.47. The third-order valence-corrected chi connectivity index (χ3v) is 4.17. The molecule has 1 fully saturated rings. The Hall–Kier alpha value is -1.35. The number of hydrogen-bond acceptors (Lipinski definition) is 3. The second-order valence-electron chi connectivity index (χ2n) is 6.06. The number of epoxide rings is 1. The van der Waals surface area contributed by atoms with Crippen molar-refractivity contribution in [1.29, 1.82) is 0 Å². The van der Waals surface area contributed by atoms with E-state index in [1.807, 2.05) is 18.2 Å². The molecule has 1 aromatic rings. The fourth-order valence-corrected chi connectivity index (χ4v) is 2.74. The molecule has 2 atom stereocenters. The van der Waals surface area contributed by atoms with Crippen LogP contribution in [0.25, 0.3) is 0 Å². The summed E-state index contributed by atoms with van der Waals surface area (Å²) in [6, 6.07) is 9.13. The molecular formula is C19H28O3. The smallest absolute Gasteiger partial charge is 0.338 e. The Kier molecular flexibility index (Phi) is 7.44. The van der Waals surface area contributed by atoms with Crippen molar-refractivity contribution < 1.29 is 14.3 Å². The summed E-state index contributed by atoms with van der Waals surface area (Å²) in [7, 11) is 0. The van der Waals surface area contributed by atoms with Gasteiger partial charge in [-0.15, -0.1) is 0 Å². The molecule has 122 valence electrons. The maximum atomic E-state index is 11.8. The summed E-state index contributed by atoms with van der Waals surface area (Å²) in [5, 5.41) is 0. The predicted molar refractivity (Wildman–Crippen MR) is 88.0 cm³/mol. The van der Waals surface area contributed by atoms with Crippen LogP contribution in [-0.4, -0.2) is 24.8 Å². The highest BCUT2D eigenvalue weighted by Crippen LogP contribution is 2.30. The lowest BCUT2D eigenvalue weighted by molar-refractivity contribution is 0.0493. The van der Waals surface area contributed by atoms with E-state index in [1.54, 1.807) is 12.1 Å². The summed E-state index contributed by atoms with van der Waals surface area (Å²) in [4.78, 5) is 11.8. The van der Waals surface area contributed by atoms with Crippen molar-refractivity contribution in [3.05, 3.63) is 35.9 Å². The predicted octanol–water partition coefficient (Wildman–Crippen LogP) is 4.75. The van der Waals surface area contributed by atoms with Gasteiger partial charge in [-0.2, -0.15) is 0 Å². The standard InChI is InChI=1S/C19H28O3/c1-2-3-4-5-6-10-13-17-18(22-17)14-15-21-19(20)16-11-8-7-9-12-16/h7-9,11-12,17-18H,2-6,10,13-15H2,1H3/t17-,18+/m1/s1. The minimum Gasteiger partial charge on any atom is -0.462 e. The summed E-state index contributed by atoms with van der Waals surface area (Å²) >= 11 is 0. The number of unbranched alkanes of at least 4 members (excludes halogenated alkanes) is 5. The molecule has 0 radical (unpaired) electrons. The second kappa shape index (κ2) is 9.62. The lowest BCUT2D eigenvalue weighted by atomic mass is 10.1. The van der Waals surface area contributed by atoms with Crippen LogP contribution in [0.4, 0.5) is 0 Å². The summed E-state index contributed by atoms with van der Waals surface area (Å²) in [5.41, 5.74) is 0.614. The van der Waals surface area contributed by atoms with Crippen LogP contribution < -0.4 is 0 Å². The molecule has 1 aliphatic heterocycles. The highest BCUT2D eigenvalue weighted by Gasteiger charge is 2.37. The van der Waals surface area contributed by atoms with E-state index >= 15 is 0 Å². The Morgan fingerprint density at radius 3 is 2.45 bits per heavy atom. The van der Waals surface area contributed by atoms with Crippen LogP contribution in [0.3, 0.4) is 0 Å². The van der Waals surface area contributed by atoms with Crippen molar-refractivity contribution >= 4 is 5.97 Å². The number of ether oxygens (including phenoxy) is 2. The third-order valence-electron chi connectivity index (χ3n) is 4.17. The van der Waals surface area contributed by atoms with Gasteiger partial charge in [0.25, 0.3) is 0 Å². The number of carbonyl (C=O) groups excluding carboxylic acids is 1. The zero-order valence-corrected chi connectivity index (χ0v) is 13.6. The SMILES string of the molecule is CCCCCCCC[C@H]1O[C@H]1CCOC(=O)c1ccccc1. The van der Waals surface area contributed by atoms with E-state index in [1.165, 1.54) is 38.5 Å². The molecule has 1 aromatic carbocycles. The quantitative estimate of drug-likeness (QED) is 0.336. The van der Waals surface area contributed by atoms with Gasteiger partial charge in [-0.1, -0.05) is 63.6 Å². The molecule has 1 saturated heterocycles. The van der Waals surface area contributed by atoms with Crippen LogP contribution in [0.2, 0.25) is 0 Å². The van der Waals surface area contributed by atoms with Gasteiger partial charge in [-0.3, -0.25) is 0 Å². The monoisotopic (exact) mass is 304 g/mol. The fourth-order valence-electron chi connectivity index (χ4n) is 2.74. The van der Waals surface area contributed by atoms with E-state index in [4.69, 9.17) is 9.47 Å². The molecule has 0 aliphatic carbocycles. The van der Waals surface area contributed by atoms with Crippen LogP contribution in [-0.2, 0) is 9.47 Å². The second-order valence-corrected chi connectivity index (χ2v) is 6.06. The van der Waals surface area contributed by atoms with E-state index in [9.17, 15) is 4.79 Å². The fraction of sp³-hybridized carbons (Fsp3) is 0.632. The van der Waals surface area contributed by atoms with Gasteiger partial charge in [0.1, 0.15) is 0 Å². The van der Waals surface area contributed by atoms with Crippen LogP contribution in [0.1, 0.15) is 68.6 Å². The van der Waals surface area contributed by atoms with E-state index in [2.05, 4.69) is 6.92 Å². The number of esters is 1. The van der Waals surface area contributed by atoms with Crippen molar-refractivity contribution in [3.8, 4) is 0 Å². The lowest BCUT2D eigenvalue weighted by Gasteiger charge is -2.03. The first-order chi connectivity index (χ1) is 10.8. The number of rotatable bonds is 11. The summed E-state index contributed by atoms with van der Waals surface area (Å²) in [6.45, 7) is 2.69. The highest BCUT2D eigenvalue weighted by molar-refractivity contribution is 5.89. The van der Waals surface area contributed by atoms with Gasteiger partial charge in [0.2, 0.25) is 0 Å². The molecule has 22 heavy (non-hydrogen) atoms. The Morgan fingerprint density at radius 2 is 1.68 bits per heavy atom. The molecular weight excluding hydrogens is 276 g/mol. The van der Waals surface area contributed by atoms with E-state index in [0.29, 0.717) is 24.4 Å². The number of carbonyl (C=O) groups is 1. The van der Waals surface area contributed by atoms with Gasteiger partial charge < -0.3 is 9.47 Å². The van der Waals surface area contributed by atoms with Crippen molar-refractivity contribution in [2.45, 2.75) is 70.5 Å². The van der Waals surface area contributed by atoms with Crippen molar-refractivity contribution in [1.82, 2.24) is 0 Å². The molecule has 0 N–H and O–H groups in total. The molecule has 0 bridgehead atoms. The zero-order valence-electron chi connectivity index (χ0n) is 13.6. The van der Waals surface area contributed by atoms with E-state index in [-0.39, 0.29) is 5.97 Å². The summed E-state index contributed by atoms with van der Waals surface area (Å²) < 4.78 is 10.9. The Labute approximate surface area is 134 Å². The van der Waals surface area contributed by atoms with Gasteiger partial charge in [0, 0.05) is 6.42 Å². The van der Waals surface area contributed by atoms with Crippen LogP contribution in [0, 0.1) is 0 Å². The molecule has 0 spiro atoms. The van der Waals surface area contributed by atoms with E-state index < -0.39 is 0 Å². The Morgan fingerprint density at radius 1 is 1.00 bits per heavy atom. The summed E-state index contributed by atoms with van der Waals surface area (Å²) in [6.07, 6.45) is 10.6. The largest absolute Gasteiger partial charge is 0.462 e. The maximum absolute atomic E-state index is 11.8. The normalized spacial score (nSPS) is 19.9. The minimum absolute atomic E-state index is 0.242. The van der Waals surface area contributed by atoms with Crippen LogP contribution >= 0.6 is 0 Å². The molecule has 3 heteroatoms. The van der Waals surface area contributed by atoms with Crippen LogP contribution in [0.5, 0.6) is 0 Å². The maximum Gasteiger partial charge on any atom is 0.338 e. The third kappa shape index (κ3) is 6.18. The topological polar surface area (TPSA) is 38.8 Å². The van der Waals surface area contributed by atoms with E-state index in [0.717, 1.165) is 12.8 Å². The van der Waals surface area contributed by atoms with Gasteiger partial charge in [0.05, 0.1) is 24.4 Å². The molecule has 0 unspecified atom stereocenters. The first-order valence-corrected chi connectivity index (χ1v) is 8.69. The van der Waals surface area contributed by atoms with Gasteiger partial charge in [-0.25, -0.2) is 4.79 Å². The first-order valence-electron chi connectivity index (χ1n) is 8.69. The van der Waals surface area contributed by atoms with Crippen molar-refractivity contribution in [3.63, 3.8) is 0 Å². The lowest BCUT2D eigenvalue weighted by Crippen LogP contribution is -2.08. The molecule has 0 amide bonds. The van der Waals surface area contributed by atoms with Crippen molar-refractivity contribution in [2.24, 2.45) is 0 Å². The molecule has 2 rings (SSSR count). The molecule has 3 nitrogen and oxygen atoms in total. The molecule has 1 heterocycles. The summed E-state index contributed by atoms with van der Waals surface area (Å²) in [5.74, 6) is -0.242. The molecule has 0 saturated carbocycles. The van der Waals surface area contributed by atoms with Gasteiger partial charge in [0.15, 0.2) is 0 Å². The van der Waals surface area contributed by atoms with Crippen LogP contribution in [0.15, 0.2) is 30.3 Å².